The lowest BCUT2D eigenvalue weighted by Gasteiger charge is -2.28. The molecule has 0 aliphatic heterocycles. The third-order valence-electron chi connectivity index (χ3n) is 10.3. The largest absolute Gasteiger partial charge is 0.310 e. The molecule has 0 spiro atoms. The molecule has 0 saturated carbocycles. The van der Waals surface area contributed by atoms with Gasteiger partial charge < -0.3 is 9.80 Å². The van der Waals surface area contributed by atoms with Crippen LogP contribution in [0.15, 0.2) is 206 Å². The molecule has 0 aromatic heterocycles. The molecular formula is C52H40N2. The third kappa shape index (κ3) is 6.18. The maximum atomic E-state index is 2.40. The fourth-order valence-corrected chi connectivity index (χ4v) is 7.75. The van der Waals surface area contributed by atoms with Crippen molar-refractivity contribution in [1.29, 1.82) is 0 Å². The molecule has 0 fully saturated rings. The number of hydrogen-bond acceptors (Lipinski definition) is 2. The molecule has 2 nitrogen and oxygen atoms in total. The lowest BCUT2D eigenvalue weighted by molar-refractivity contribution is 1.28. The number of aryl methyl sites for hydroxylation is 2. The fraction of sp³-hybridized carbons (Fsp3) is 0.0385. The van der Waals surface area contributed by atoms with Crippen molar-refractivity contribution >= 4 is 55.7 Å². The molecule has 0 saturated heterocycles. The quantitative estimate of drug-likeness (QED) is 0.146. The maximum Gasteiger partial charge on any atom is 0.0468 e. The third-order valence-corrected chi connectivity index (χ3v) is 10.3. The normalized spacial score (nSPS) is 11.1. The standard InChI is InChI=1S/C52H40N2/c1-37-23-27-43(28-24-37)53(41-19-11-5-12-20-41)45-31-33-47-49(35-45)51(39-15-7-3-8-16-39)48-34-32-46(36-50(48)52(47)40-17-9-4-10-18-40)54(42-21-13-6-14-22-42)44-29-25-38(2)26-30-44/h3-36H,1-2H3. The summed E-state index contributed by atoms with van der Waals surface area (Å²) in [6, 6.07) is 74.8. The highest BCUT2D eigenvalue weighted by Crippen LogP contribution is 2.48. The van der Waals surface area contributed by atoms with Crippen LogP contribution in [-0.2, 0) is 0 Å². The number of rotatable bonds is 8. The van der Waals surface area contributed by atoms with Gasteiger partial charge in [-0.3, -0.25) is 0 Å². The van der Waals surface area contributed by atoms with E-state index in [0.717, 1.165) is 34.1 Å². The zero-order valence-electron chi connectivity index (χ0n) is 30.5. The Bertz CT molecular complexity index is 2500. The summed E-state index contributed by atoms with van der Waals surface area (Å²) in [6.07, 6.45) is 0. The van der Waals surface area contributed by atoms with E-state index >= 15 is 0 Å². The Morgan fingerprint density at radius 1 is 0.259 bits per heavy atom. The second-order valence-corrected chi connectivity index (χ2v) is 14.0. The highest BCUT2D eigenvalue weighted by atomic mass is 15.1. The number of nitrogens with zero attached hydrogens (tertiary/aromatic N) is 2. The lowest BCUT2D eigenvalue weighted by Crippen LogP contribution is -2.10. The van der Waals surface area contributed by atoms with E-state index in [9.17, 15) is 0 Å². The first-order valence-corrected chi connectivity index (χ1v) is 18.6. The molecule has 0 unspecified atom stereocenters. The van der Waals surface area contributed by atoms with Gasteiger partial charge in [-0.25, -0.2) is 0 Å². The van der Waals surface area contributed by atoms with Crippen molar-refractivity contribution in [2.24, 2.45) is 0 Å². The van der Waals surface area contributed by atoms with Gasteiger partial charge in [0, 0.05) is 34.1 Å². The van der Waals surface area contributed by atoms with Crippen LogP contribution in [0.3, 0.4) is 0 Å². The van der Waals surface area contributed by atoms with Crippen molar-refractivity contribution in [2.45, 2.75) is 13.8 Å². The zero-order valence-corrected chi connectivity index (χ0v) is 30.5. The number of hydrogen-bond donors (Lipinski definition) is 0. The average Bonchev–Trinajstić information content (AvgIpc) is 3.23. The van der Waals surface area contributed by atoms with E-state index < -0.39 is 0 Å². The summed E-state index contributed by atoms with van der Waals surface area (Å²) >= 11 is 0. The number of benzene rings is 9. The summed E-state index contributed by atoms with van der Waals surface area (Å²) in [5, 5.41) is 4.85. The van der Waals surface area contributed by atoms with Gasteiger partial charge in [0.15, 0.2) is 0 Å². The van der Waals surface area contributed by atoms with E-state index in [1.807, 2.05) is 0 Å². The maximum absolute atomic E-state index is 2.40. The smallest absolute Gasteiger partial charge is 0.0468 e. The van der Waals surface area contributed by atoms with Crippen molar-refractivity contribution in [2.75, 3.05) is 9.80 Å². The molecule has 0 aliphatic rings. The molecular weight excluding hydrogens is 653 g/mol. The molecule has 2 heteroatoms. The second kappa shape index (κ2) is 14.3. The minimum absolute atomic E-state index is 1.11. The van der Waals surface area contributed by atoms with Gasteiger partial charge in [-0.2, -0.15) is 0 Å². The average molecular weight is 693 g/mol. The van der Waals surface area contributed by atoms with Crippen LogP contribution in [0.2, 0.25) is 0 Å². The lowest BCUT2D eigenvalue weighted by atomic mass is 9.85. The van der Waals surface area contributed by atoms with Crippen LogP contribution in [0.1, 0.15) is 11.1 Å². The van der Waals surface area contributed by atoms with Crippen molar-refractivity contribution in [1.82, 2.24) is 0 Å². The first kappa shape index (κ1) is 33.0. The van der Waals surface area contributed by atoms with Gasteiger partial charge in [-0.1, -0.05) is 145 Å². The van der Waals surface area contributed by atoms with Gasteiger partial charge >= 0.3 is 0 Å². The molecule has 0 N–H and O–H groups in total. The molecule has 0 amide bonds. The molecule has 258 valence electrons. The van der Waals surface area contributed by atoms with Crippen LogP contribution < -0.4 is 9.80 Å². The van der Waals surface area contributed by atoms with Crippen LogP contribution >= 0.6 is 0 Å². The van der Waals surface area contributed by atoms with E-state index in [-0.39, 0.29) is 0 Å². The molecule has 0 heterocycles. The zero-order chi connectivity index (χ0) is 36.4. The van der Waals surface area contributed by atoms with Crippen molar-refractivity contribution < 1.29 is 0 Å². The summed E-state index contributed by atoms with van der Waals surface area (Å²) < 4.78 is 0. The summed E-state index contributed by atoms with van der Waals surface area (Å²) in [5.74, 6) is 0. The molecule has 0 aliphatic carbocycles. The topological polar surface area (TPSA) is 6.48 Å². The predicted molar refractivity (Wildman–Crippen MR) is 231 cm³/mol. The summed E-state index contributed by atoms with van der Waals surface area (Å²) in [7, 11) is 0. The van der Waals surface area contributed by atoms with E-state index in [0.29, 0.717) is 0 Å². The minimum atomic E-state index is 1.11. The predicted octanol–water partition coefficient (Wildman–Crippen LogP) is 14.9. The van der Waals surface area contributed by atoms with Gasteiger partial charge in [0.05, 0.1) is 0 Å². The van der Waals surface area contributed by atoms with Crippen molar-refractivity contribution in [3.63, 3.8) is 0 Å². The highest BCUT2D eigenvalue weighted by Gasteiger charge is 2.22. The number of para-hydroxylation sites is 2. The number of anilines is 6. The molecule has 9 aromatic carbocycles. The Morgan fingerprint density at radius 2 is 0.556 bits per heavy atom. The van der Waals surface area contributed by atoms with Gasteiger partial charge in [0.1, 0.15) is 0 Å². The van der Waals surface area contributed by atoms with E-state index in [1.54, 1.807) is 0 Å². The van der Waals surface area contributed by atoms with Crippen molar-refractivity contribution in [3.8, 4) is 22.3 Å². The van der Waals surface area contributed by atoms with Gasteiger partial charge in [0.25, 0.3) is 0 Å². The van der Waals surface area contributed by atoms with Crippen molar-refractivity contribution in [3.05, 3.63) is 217 Å². The van der Waals surface area contributed by atoms with E-state index in [4.69, 9.17) is 0 Å². The van der Waals surface area contributed by atoms with E-state index in [1.165, 1.54) is 54.9 Å². The van der Waals surface area contributed by atoms with Crippen LogP contribution in [0, 0.1) is 13.8 Å². The molecule has 0 atom stereocenters. The molecule has 0 bridgehead atoms. The van der Waals surface area contributed by atoms with Gasteiger partial charge in [-0.05, 0) is 130 Å². The SMILES string of the molecule is Cc1ccc(N(c2ccccc2)c2ccc3c(-c4ccccc4)c4cc(N(c5ccccc5)c5ccc(C)cc5)ccc4c(-c4ccccc4)c3c2)cc1. The monoisotopic (exact) mass is 692 g/mol. The molecule has 9 rings (SSSR count). The first-order chi connectivity index (χ1) is 26.6. The van der Waals surface area contributed by atoms with Gasteiger partial charge in [-0.15, -0.1) is 0 Å². The Hall–Kier alpha value is -6.90. The Labute approximate surface area is 317 Å². The summed E-state index contributed by atoms with van der Waals surface area (Å²) in [4.78, 5) is 4.73. The Kier molecular flexibility index (Phi) is 8.70. The summed E-state index contributed by atoms with van der Waals surface area (Å²) in [6.45, 7) is 4.28. The second-order valence-electron chi connectivity index (χ2n) is 14.0. The van der Waals surface area contributed by atoms with E-state index in [2.05, 4.69) is 230 Å². The fourth-order valence-electron chi connectivity index (χ4n) is 7.75. The minimum Gasteiger partial charge on any atom is -0.310 e. The van der Waals surface area contributed by atoms with Crippen LogP contribution in [0.4, 0.5) is 34.1 Å². The molecule has 9 aromatic rings. The number of fused-ring (bicyclic) bond motifs is 2. The van der Waals surface area contributed by atoms with Crippen LogP contribution in [-0.4, -0.2) is 0 Å². The summed E-state index contributed by atoms with van der Waals surface area (Å²) in [5.41, 5.74) is 14.0. The highest BCUT2D eigenvalue weighted by molar-refractivity contribution is 6.22. The van der Waals surface area contributed by atoms with Crippen LogP contribution in [0.25, 0.3) is 43.8 Å². The molecule has 0 radical (unpaired) electrons. The van der Waals surface area contributed by atoms with Crippen LogP contribution in [0.5, 0.6) is 0 Å². The Morgan fingerprint density at radius 3 is 0.907 bits per heavy atom. The molecule has 54 heavy (non-hydrogen) atoms. The first-order valence-electron chi connectivity index (χ1n) is 18.6. The van der Waals surface area contributed by atoms with Gasteiger partial charge in [0.2, 0.25) is 0 Å². The Balaban J connectivity index is 1.36.